The molecule has 0 amide bonds. The first-order chi connectivity index (χ1) is 8.39. The van der Waals surface area contributed by atoms with E-state index in [0.717, 1.165) is 24.3 Å². The molecule has 0 aliphatic carbocycles. The summed E-state index contributed by atoms with van der Waals surface area (Å²) in [6.07, 6.45) is -4.61. The van der Waals surface area contributed by atoms with Crippen molar-refractivity contribution in [1.82, 2.24) is 0 Å². The van der Waals surface area contributed by atoms with Gasteiger partial charge in [-0.2, -0.15) is 13.2 Å². The van der Waals surface area contributed by atoms with Crippen LogP contribution in [0, 0.1) is 5.82 Å². The quantitative estimate of drug-likeness (QED) is 0.757. The topological polar surface area (TPSA) is 20.2 Å². The Morgan fingerprint density at radius 1 is 0.889 bits per heavy atom. The molecule has 0 fully saturated rings. The fourth-order valence-corrected chi connectivity index (χ4v) is 1.68. The third-order valence-corrected chi connectivity index (χ3v) is 2.47. The van der Waals surface area contributed by atoms with Crippen LogP contribution in [0.3, 0.4) is 0 Å². The van der Waals surface area contributed by atoms with Crippen LogP contribution in [-0.4, -0.2) is 5.11 Å². The summed E-state index contributed by atoms with van der Waals surface area (Å²) in [7, 11) is 0. The first kappa shape index (κ1) is 12.4. The molecule has 0 saturated carbocycles. The number of hydrogen-bond donors (Lipinski definition) is 1. The van der Waals surface area contributed by atoms with Crippen LogP contribution in [0.5, 0.6) is 5.75 Å². The average Bonchev–Trinajstić information content (AvgIpc) is 2.27. The lowest BCUT2D eigenvalue weighted by Gasteiger charge is -2.13. The molecule has 0 aromatic heterocycles. The minimum absolute atomic E-state index is 0.194. The Hall–Kier alpha value is -2.04. The fourth-order valence-electron chi connectivity index (χ4n) is 1.68. The van der Waals surface area contributed by atoms with Gasteiger partial charge in [0.2, 0.25) is 0 Å². The zero-order valence-corrected chi connectivity index (χ0v) is 9.00. The highest BCUT2D eigenvalue weighted by molar-refractivity contribution is 5.70. The average molecular weight is 256 g/mol. The van der Waals surface area contributed by atoms with E-state index >= 15 is 0 Å². The highest BCUT2D eigenvalue weighted by Crippen LogP contribution is 2.39. The van der Waals surface area contributed by atoms with E-state index in [1.807, 2.05) is 0 Å². The number of alkyl halides is 3. The standard InChI is InChI=1S/C13H8F4O/c14-12-4-2-1-3-9(12)10-7-8(18)5-6-11(10)13(15,16)17/h1-7,18H. The van der Waals surface area contributed by atoms with Crippen LogP contribution < -0.4 is 0 Å². The molecular formula is C13H8F4O. The Morgan fingerprint density at radius 3 is 2.17 bits per heavy atom. The molecule has 18 heavy (non-hydrogen) atoms. The first-order valence-corrected chi connectivity index (χ1v) is 5.04. The van der Waals surface area contributed by atoms with Crippen molar-refractivity contribution in [2.75, 3.05) is 0 Å². The predicted molar refractivity (Wildman–Crippen MR) is 58.5 cm³/mol. The van der Waals surface area contributed by atoms with Gasteiger partial charge in [-0.3, -0.25) is 0 Å². The molecule has 0 heterocycles. The Bertz CT molecular complexity index is 575. The van der Waals surface area contributed by atoms with Gasteiger partial charge >= 0.3 is 6.18 Å². The lowest BCUT2D eigenvalue weighted by atomic mass is 9.98. The molecule has 0 aliphatic heterocycles. The Morgan fingerprint density at radius 2 is 1.56 bits per heavy atom. The number of rotatable bonds is 1. The van der Waals surface area contributed by atoms with Crippen LogP contribution >= 0.6 is 0 Å². The molecule has 94 valence electrons. The normalized spacial score (nSPS) is 11.6. The van der Waals surface area contributed by atoms with E-state index in [-0.39, 0.29) is 16.9 Å². The highest BCUT2D eigenvalue weighted by Gasteiger charge is 2.34. The van der Waals surface area contributed by atoms with Gasteiger partial charge in [-0.1, -0.05) is 18.2 Å². The minimum atomic E-state index is -4.61. The van der Waals surface area contributed by atoms with E-state index < -0.39 is 17.6 Å². The molecule has 0 aliphatic rings. The van der Waals surface area contributed by atoms with Crippen molar-refractivity contribution in [3.8, 4) is 16.9 Å². The second kappa shape index (κ2) is 4.33. The van der Waals surface area contributed by atoms with Crippen LogP contribution in [0.15, 0.2) is 42.5 Å². The Labute approximate surface area is 100 Å². The van der Waals surface area contributed by atoms with Crippen molar-refractivity contribution < 1.29 is 22.7 Å². The predicted octanol–water partition coefficient (Wildman–Crippen LogP) is 4.22. The monoisotopic (exact) mass is 256 g/mol. The van der Waals surface area contributed by atoms with Gasteiger partial charge in [-0.15, -0.1) is 0 Å². The van der Waals surface area contributed by atoms with Gasteiger partial charge in [0.15, 0.2) is 0 Å². The zero-order chi connectivity index (χ0) is 13.3. The van der Waals surface area contributed by atoms with Gasteiger partial charge in [-0.25, -0.2) is 4.39 Å². The van der Waals surface area contributed by atoms with Gasteiger partial charge in [0.1, 0.15) is 11.6 Å². The maximum absolute atomic E-state index is 13.5. The van der Waals surface area contributed by atoms with E-state index in [0.29, 0.717) is 0 Å². The molecular weight excluding hydrogens is 248 g/mol. The molecule has 0 saturated heterocycles. The number of halogens is 4. The van der Waals surface area contributed by atoms with E-state index in [1.54, 1.807) is 0 Å². The van der Waals surface area contributed by atoms with Crippen molar-refractivity contribution in [2.45, 2.75) is 6.18 Å². The molecule has 0 atom stereocenters. The largest absolute Gasteiger partial charge is 0.508 e. The number of phenols is 1. The summed E-state index contributed by atoms with van der Waals surface area (Å²) in [5, 5.41) is 9.27. The molecule has 0 spiro atoms. The molecule has 0 radical (unpaired) electrons. The van der Waals surface area contributed by atoms with Crippen molar-refractivity contribution in [3.63, 3.8) is 0 Å². The Balaban J connectivity index is 2.70. The maximum atomic E-state index is 13.5. The van der Waals surface area contributed by atoms with Gasteiger partial charge < -0.3 is 5.11 Å². The number of aromatic hydroxyl groups is 1. The molecule has 2 aromatic rings. The van der Waals surface area contributed by atoms with Gasteiger partial charge in [0.25, 0.3) is 0 Å². The molecule has 1 N–H and O–H groups in total. The second-order valence-electron chi connectivity index (χ2n) is 3.71. The molecule has 2 aromatic carbocycles. The Kier molecular flexibility index (Phi) is 2.98. The van der Waals surface area contributed by atoms with Crippen molar-refractivity contribution in [1.29, 1.82) is 0 Å². The number of hydrogen-bond acceptors (Lipinski definition) is 1. The third-order valence-electron chi connectivity index (χ3n) is 2.47. The molecule has 0 bridgehead atoms. The molecule has 2 rings (SSSR count). The maximum Gasteiger partial charge on any atom is 0.417 e. The summed E-state index contributed by atoms with van der Waals surface area (Å²) in [5.41, 5.74) is -1.55. The SMILES string of the molecule is Oc1ccc(C(F)(F)F)c(-c2ccccc2F)c1. The first-order valence-electron chi connectivity index (χ1n) is 5.04. The van der Waals surface area contributed by atoms with Crippen molar-refractivity contribution in [3.05, 3.63) is 53.8 Å². The number of phenolic OH excluding ortho intramolecular Hbond substituents is 1. The van der Waals surface area contributed by atoms with E-state index in [9.17, 15) is 22.7 Å². The van der Waals surface area contributed by atoms with Crippen LogP contribution in [-0.2, 0) is 6.18 Å². The summed E-state index contributed by atoms with van der Waals surface area (Å²) in [6, 6.07) is 7.68. The van der Waals surface area contributed by atoms with Gasteiger partial charge in [0.05, 0.1) is 5.56 Å². The number of benzene rings is 2. The van der Waals surface area contributed by atoms with Gasteiger partial charge in [0, 0.05) is 11.1 Å². The second-order valence-corrected chi connectivity index (χ2v) is 3.71. The molecule has 5 heteroatoms. The van der Waals surface area contributed by atoms with Crippen LogP contribution in [0.4, 0.5) is 17.6 Å². The molecule has 0 unspecified atom stereocenters. The van der Waals surface area contributed by atoms with E-state index in [2.05, 4.69) is 0 Å². The van der Waals surface area contributed by atoms with Crippen molar-refractivity contribution in [2.24, 2.45) is 0 Å². The summed E-state index contributed by atoms with van der Waals surface area (Å²) in [5.74, 6) is -1.12. The van der Waals surface area contributed by atoms with Crippen LogP contribution in [0.25, 0.3) is 11.1 Å². The summed E-state index contributed by atoms with van der Waals surface area (Å²) in [4.78, 5) is 0. The lowest BCUT2D eigenvalue weighted by Crippen LogP contribution is -2.07. The summed E-state index contributed by atoms with van der Waals surface area (Å²) in [6.45, 7) is 0. The van der Waals surface area contributed by atoms with E-state index in [4.69, 9.17) is 0 Å². The summed E-state index contributed by atoms with van der Waals surface area (Å²) >= 11 is 0. The highest BCUT2D eigenvalue weighted by atomic mass is 19.4. The van der Waals surface area contributed by atoms with Crippen LogP contribution in [0.2, 0.25) is 0 Å². The fraction of sp³-hybridized carbons (Fsp3) is 0.0769. The third kappa shape index (κ3) is 2.30. The zero-order valence-electron chi connectivity index (χ0n) is 9.00. The van der Waals surface area contributed by atoms with Crippen LogP contribution in [0.1, 0.15) is 5.56 Å². The minimum Gasteiger partial charge on any atom is -0.508 e. The molecule has 1 nitrogen and oxygen atoms in total. The lowest BCUT2D eigenvalue weighted by molar-refractivity contribution is -0.137. The van der Waals surface area contributed by atoms with Crippen molar-refractivity contribution >= 4 is 0 Å². The van der Waals surface area contributed by atoms with Gasteiger partial charge in [-0.05, 0) is 24.3 Å². The smallest absolute Gasteiger partial charge is 0.417 e. The van der Waals surface area contributed by atoms with E-state index in [1.165, 1.54) is 18.2 Å². The summed E-state index contributed by atoms with van der Waals surface area (Å²) < 4.78 is 51.9.